The number of hydrogen-bond donors (Lipinski definition) is 2. The van der Waals surface area contributed by atoms with E-state index in [0.29, 0.717) is 0 Å². The van der Waals surface area contributed by atoms with Crippen LogP contribution in [0, 0.1) is 0 Å². The molecule has 1 heterocycles. The Hall–Kier alpha value is -2.43. The molecule has 2 atom stereocenters. The van der Waals surface area contributed by atoms with E-state index in [-0.39, 0.29) is 18.0 Å². The lowest BCUT2D eigenvalue weighted by Gasteiger charge is -2.25. The maximum absolute atomic E-state index is 12.9. The molecule has 0 aliphatic carbocycles. The number of carbonyl (C=O) groups excluding carboxylic acids is 1. The molecule has 0 saturated carbocycles. The summed E-state index contributed by atoms with van der Waals surface area (Å²) in [4.78, 5) is 15.4. The molecule has 3 rings (SSSR count). The summed E-state index contributed by atoms with van der Waals surface area (Å²) in [6.45, 7) is 2.85. The van der Waals surface area contributed by atoms with Crippen LogP contribution in [0.15, 0.2) is 78.2 Å². The molecule has 0 saturated heterocycles. The monoisotopic (exact) mass is 365 g/mol. The Labute approximate surface area is 159 Å². The van der Waals surface area contributed by atoms with E-state index < -0.39 is 0 Å². The molecule has 1 amide bonds. The smallest absolute Gasteiger partial charge is 0.278 e. The number of amides is 1. The summed E-state index contributed by atoms with van der Waals surface area (Å²) in [5, 5.41) is 5.33. The second kappa shape index (κ2) is 8.79. The van der Waals surface area contributed by atoms with Crippen molar-refractivity contribution in [2.24, 2.45) is 0 Å². The van der Waals surface area contributed by atoms with Crippen molar-refractivity contribution in [2.45, 2.75) is 25.6 Å². The predicted octanol–water partition coefficient (Wildman–Crippen LogP) is 3.06. The van der Waals surface area contributed by atoms with E-state index in [1.54, 1.807) is 11.3 Å². The average Bonchev–Trinajstić information content (AvgIpc) is 3.19. The molecule has 0 aliphatic rings. The zero-order valence-corrected chi connectivity index (χ0v) is 16.0. The second-order valence-corrected chi connectivity index (χ2v) is 7.62. The van der Waals surface area contributed by atoms with Crippen LogP contribution in [0.4, 0.5) is 0 Å². The molecular weight excluding hydrogens is 340 g/mol. The van der Waals surface area contributed by atoms with Gasteiger partial charge in [-0.2, -0.15) is 0 Å². The number of hydrogen-bond acceptors (Lipinski definition) is 2. The predicted molar refractivity (Wildman–Crippen MR) is 107 cm³/mol. The lowest BCUT2D eigenvalue weighted by molar-refractivity contribution is -0.907. The number of thiophene rings is 1. The number of benzene rings is 2. The van der Waals surface area contributed by atoms with Crippen molar-refractivity contribution in [1.29, 1.82) is 0 Å². The lowest BCUT2D eigenvalue weighted by Crippen LogP contribution is -3.12. The maximum Gasteiger partial charge on any atom is 0.278 e. The van der Waals surface area contributed by atoms with E-state index in [9.17, 15) is 4.79 Å². The van der Waals surface area contributed by atoms with Gasteiger partial charge in [-0.3, -0.25) is 4.79 Å². The van der Waals surface area contributed by atoms with Gasteiger partial charge in [-0.15, -0.1) is 11.3 Å². The van der Waals surface area contributed by atoms with Crippen LogP contribution in [0.2, 0.25) is 0 Å². The summed E-state index contributed by atoms with van der Waals surface area (Å²) >= 11 is 1.74. The maximum atomic E-state index is 12.9. The molecule has 1 aromatic heterocycles. The number of likely N-dealkylation sites (N-methyl/N-ethyl adjacent to an activating group) is 1. The Bertz CT molecular complexity index is 763. The van der Waals surface area contributed by atoms with Crippen LogP contribution in [0.5, 0.6) is 0 Å². The molecule has 26 heavy (non-hydrogen) atoms. The van der Waals surface area contributed by atoms with Crippen LogP contribution in [-0.4, -0.2) is 19.0 Å². The van der Waals surface area contributed by atoms with Crippen LogP contribution in [-0.2, 0) is 11.3 Å². The van der Waals surface area contributed by atoms with Crippen molar-refractivity contribution >= 4 is 17.2 Å². The highest BCUT2D eigenvalue weighted by Gasteiger charge is 2.26. The molecule has 2 aromatic carbocycles. The van der Waals surface area contributed by atoms with Crippen molar-refractivity contribution in [3.05, 3.63) is 94.2 Å². The van der Waals surface area contributed by atoms with Gasteiger partial charge in [-0.25, -0.2) is 0 Å². The van der Waals surface area contributed by atoms with Crippen molar-refractivity contribution in [1.82, 2.24) is 5.32 Å². The number of carbonyl (C=O) groups is 1. The number of quaternary nitrogens is 1. The Balaban J connectivity index is 1.74. The van der Waals surface area contributed by atoms with E-state index in [0.717, 1.165) is 17.7 Å². The topological polar surface area (TPSA) is 33.5 Å². The zero-order chi connectivity index (χ0) is 18.4. The fourth-order valence-electron chi connectivity index (χ4n) is 2.98. The molecule has 134 valence electrons. The third kappa shape index (κ3) is 4.59. The summed E-state index contributed by atoms with van der Waals surface area (Å²) in [7, 11) is 2.07. The van der Waals surface area contributed by atoms with Gasteiger partial charge in [-0.1, -0.05) is 66.7 Å². The standard InChI is InChI=1S/C22H24N2OS/c1-17(24(2)16-20-14-9-15-26-20)22(25)23-21(18-10-5-3-6-11-18)19-12-7-4-8-13-19/h3-15,17,21H,16H2,1-2H3,(H,23,25)/p+1/t17-/m1/s1. The quantitative estimate of drug-likeness (QED) is 0.663. The highest BCUT2D eigenvalue weighted by molar-refractivity contribution is 7.09. The van der Waals surface area contributed by atoms with Gasteiger partial charge in [0.15, 0.2) is 6.04 Å². The minimum absolute atomic E-state index is 0.0664. The normalized spacial score (nSPS) is 13.3. The fraction of sp³-hybridized carbons (Fsp3) is 0.227. The van der Waals surface area contributed by atoms with Crippen molar-refractivity contribution < 1.29 is 9.69 Å². The largest absolute Gasteiger partial charge is 0.340 e. The van der Waals surface area contributed by atoms with Crippen LogP contribution >= 0.6 is 11.3 Å². The van der Waals surface area contributed by atoms with Crippen LogP contribution < -0.4 is 10.2 Å². The van der Waals surface area contributed by atoms with Crippen LogP contribution in [0.3, 0.4) is 0 Å². The van der Waals surface area contributed by atoms with Gasteiger partial charge >= 0.3 is 0 Å². The van der Waals surface area contributed by atoms with Crippen LogP contribution in [0.25, 0.3) is 0 Å². The third-order valence-electron chi connectivity index (χ3n) is 4.72. The fourth-order valence-corrected chi connectivity index (χ4v) is 3.78. The zero-order valence-electron chi connectivity index (χ0n) is 15.2. The van der Waals surface area contributed by atoms with E-state index in [1.165, 1.54) is 9.78 Å². The molecule has 0 radical (unpaired) electrons. The Kier molecular flexibility index (Phi) is 6.21. The molecular formula is C22H25N2OS+. The number of nitrogens with one attached hydrogen (secondary N) is 2. The lowest BCUT2D eigenvalue weighted by atomic mass is 9.98. The van der Waals surface area contributed by atoms with Gasteiger partial charge in [0.2, 0.25) is 0 Å². The van der Waals surface area contributed by atoms with Gasteiger partial charge in [0.25, 0.3) is 5.91 Å². The molecule has 1 unspecified atom stereocenters. The van der Waals surface area contributed by atoms with Gasteiger partial charge in [0.05, 0.1) is 18.0 Å². The molecule has 0 fully saturated rings. The highest BCUT2D eigenvalue weighted by Crippen LogP contribution is 2.21. The summed E-state index contributed by atoms with van der Waals surface area (Å²) in [5.74, 6) is 0.0664. The highest BCUT2D eigenvalue weighted by atomic mass is 32.1. The van der Waals surface area contributed by atoms with E-state index >= 15 is 0 Å². The Morgan fingerprint density at radius 2 is 1.54 bits per heavy atom. The molecule has 0 spiro atoms. The number of rotatable bonds is 7. The van der Waals surface area contributed by atoms with Crippen LogP contribution in [0.1, 0.15) is 29.0 Å². The molecule has 3 nitrogen and oxygen atoms in total. The summed E-state index contributed by atoms with van der Waals surface area (Å²) < 4.78 is 0. The molecule has 0 bridgehead atoms. The minimum atomic E-state index is -0.137. The van der Waals surface area contributed by atoms with E-state index in [2.05, 4.69) is 54.1 Å². The van der Waals surface area contributed by atoms with Gasteiger partial charge < -0.3 is 10.2 Å². The average molecular weight is 366 g/mol. The van der Waals surface area contributed by atoms with Crippen molar-refractivity contribution in [3.63, 3.8) is 0 Å². The van der Waals surface area contributed by atoms with Crippen molar-refractivity contribution in [3.8, 4) is 0 Å². The van der Waals surface area contributed by atoms with E-state index in [1.807, 2.05) is 43.3 Å². The first-order valence-electron chi connectivity index (χ1n) is 8.90. The summed E-state index contributed by atoms with van der Waals surface area (Å²) in [6.07, 6.45) is 0. The first-order chi connectivity index (χ1) is 12.6. The third-order valence-corrected chi connectivity index (χ3v) is 5.59. The first kappa shape index (κ1) is 18.4. The Morgan fingerprint density at radius 3 is 2.04 bits per heavy atom. The van der Waals surface area contributed by atoms with Gasteiger partial charge in [0.1, 0.15) is 6.54 Å². The first-order valence-corrected chi connectivity index (χ1v) is 9.78. The van der Waals surface area contributed by atoms with Gasteiger partial charge in [-0.05, 0) is 29.5 Å². The molecule has 4 heteroatoms. The molecule has 3 aromatic rings. The van der Waals surface area contributed by atoms with Crippen molar-refractivity contribution in [2.75, 3.05) is 7.05 Å². The van der Waals surface area contributed by atoms with E-state index in [4.69, 9.17) is 0 Å². The van der Waals surface area contributed by atoms with Gasteiger partial charge in [0, 0.05) is 0 Å². The summed E-state index contributed by atoms with van der Waals surface area (Å²) in [6, 6.07) is 24.2. The Morgan fingerprint density at radius 1 is 0.962 bits per heavy atom. The molecule has 0 aliphatic heterocycles. The molecule has 2 N–H and O–H groups in total. The SMILES string of the molecule is C[C@H](C(=O)NC(c1ccccc1)c1ccccc1)[NH+](C)Cc1cccs1. The summed E-state index contributed by atoms with van der Waals surface area (Å²) in [5.41, 5.74) is 2.19. The minimum Gasteiger partial charge on any atom is -0.340 e. The second-order valence-electron chi connectivity index (χ2n) is 6.59.